The summed E-state index contributed by atoms with van der Waals surface area (Å²) < 4.78 is 4.91. The number of nitriles is 1. The Morgan fingerprint density at radius 1 is 1.41 bits per heavy atom. The van der Waals surface area contributed by atoms with Gasteiger partial charge in [-0.1, -0.05) is 29.8 Å². The van der Waals surface area contributed by atoms with Gasteiger partial charge in [0.05, 0.1) is 12.7 Å². The van der Waals surface area contributed by atoms with Gasteiger partial charge in [-0.25, -0.2) is 4.79 Å². The summed E-state index contributed by atoms with van der Waals surface area (Å²) in [6.07, 6.45) is 4.11. The first-order valence-corrected chi connectivity index (χ1v) is 5.51. The third kappa shape index (κ3) is 5.53. The van der Waals surface area contributed by atoms with Crippen LogP contribution < -0.4 is 0 Å². The number of ether oxygens (including phenoxy) is 1. The molecule has 0 bridgehead atoms. The third-order valence-corrected chi connectivity index (χ3v) is 2.17. The van der Waals surface area contributed by atoms with Crippen LogP contribution in [-0.4, -0.2) is 12.6 Å². The molecule has 0 N–H and O–H groups in total. The third-order valence-electron chi connectivity index (χ3n) is 2.17. The molecular formula is C14H15NO2. The second-order valence-electron chi connectivity index (χ2n) is 3.67. The van der Waals surface area contributed by atoms with E-state index in [1.54, 1.807) is 6.08 Å². The molecule has 3 nitrogen and oxygen atoms in total. The van der Waals surface area contributed by atoms with E-state index in [1.165, 1.54) is 11.6 Å². The molecular weight excluding hydrogens is 214 g/mol. The van der Waals surface area contributed by atoms with Crippen molar-refractivity contribution in [2.75, 3.05) is 6.61 Å². The molecule has 0 aromatic heterocycles. The number of nitrogens with zero attached hydrogens (tertiary/aromatic N) is 1. The Morgan fingerprint density at radius 3 is 2.76 bits per heavy atom. The van der Waals surface area contributed by atoms with Crippen molar-refractivity contribution in [1.29, 1.82) is 5.26 Å². The molecule has 0 atom stereocenters. The standard InChI is InChI=1S/C14H15NO2/c1-12-4-6-13(7-5-12)8-9-14(16)17-11-3-2-10-15/h4-9H,2-3,11H2,1H3/b9-8+. The van der Waals surface area contributed by atoms with Crippen molar-refractivity contribution in [2.45, 2.75) is 19.8 Å². The molecule has 0 heterocycles. The minimum Gasteiger partial charge on any atom is -0.462 e. The number of rotatable bonds is 5. The van der Waals surface area contributed by atoms with Crippen molar-refractivity contribution < 1.29 is 9.53 Å². The van der Waals surface area contributed by atoms with Gasteiger partial charge in [0.15, 0.2) is 0 Å². The van der Waals surface area contributed by atoms with Crippen molar-refractivity contribution >= 4 is 12.0 Å². The summed E-state index contributed by atoms with van der Waals surface area (Å²) in [4.78, 5) is 11.3. The van der Waals surface area contributed by atoms with E-state index in [2.05, 4.69) is 0 Å². The van der Waals surface area contributed by atoms with Crippen LogP contribution in [0.5, 0.6) is 0 Å². The van der Waals surface area contributed by atoms with Gasteiger partial charge in [0.2, 0.25) is 0 Å². The van der Waals surface area contributed by atoms with E-state index in [0.29, 0.717) is 19.4 Å². The van der Waals surface area contributed by atoms with Gasteiger partial charge in [0.25, 0.3) is 0 Å². The number of aryl methyl sites for hydroxylation is 1. The second kappa shape index (κ2) is 7.24. The van der Waals surface area contributed by atoms with Crippen LogP contribution in [0, 0.1) is 18.3 Å². The van der Waals surface area contributed by atoms with Crippen LogP contribution in [0.3, 0.4) is 0 Å². The number of benzene rings is 1. The minimum absolute atomic E-state index is 0.296. The fourth-order valence-electron chi connectivity index (χ4n) is 1.21. The number of unbranched alkanes of at least 4 members (excludes halogenated alkanes) is 1. The topological polar surface area (TPSA) is 50.1 Å². The zero-order valence-electron chi connectivity index (χ0n) is 9.85. The number of esters is 1. The van der Waals surface area contributed by atoms with E-state index in [4.69, 9.17) is 10.00 Å². The van der Waals surface area contributed by atoms with Crippen LogP contribution in [0.25, 0.3) is 6.08 Å². The van der Waals surface area contributed by atoms with Gasteiger partial charge in [-0.2, -0.15) is 5.26 Å². The Labute approximate surface area is 101 Å². The molecule has 0 unspecified atom stereocenters. The van der Waals surface area contributed by atoms with Crippen LogP contribution in [0.4, 0.5) is 0 Å². The fraction of sp³-hybridized carbons (Fsp3) is 0.286. The maximum atomic E-state index is 11.3. The Kier molecular flexibility index (Phi) is 5.53. The maximum absolute atomic E-state index is 11.3. The first-order valence-electron chi connectivity index (χ1n) is 5.51. The fourth-order valence-corrected chi connectivity index (χ4v) is 1.21. The van der Waals surface area contributed by atoms with Crippen molar-refractivity contribution in [3.8, 4) is 6.07 Å². The molecule has 1 aromatic rings. The van der Waals surface area contributed by atoms with Crippen LogP contribution in [0.1, 0.15) is 24.0 Å². The zero-order valence-corrected chi connectivity index (χ0v) is 9.85. The van der Waals surface area contributed by atoms with Gasteiger partial charge in [0.1, 0.15) is 0 Å². The molecule has 1 rings (SSSR count). The molecule has 0 amide bonds. The van der Waals surface area contributed by atoms with Crippen LogP contribution in [-0.2, 0) is 9.53 Å². The van der Waals surface area contributed by atoms with E-state index in [-0.39, 0.29) is 5.97 Å². The van der Waals surface area contributed by atoms with E-state index in [1.807, 2.05) is 37.3 Å². The molecule has 1 aromatic carbocycles. The number of carbonyl (C=O) groups is 1. The maximum Gasteiger partial charge on any atom is 0.330 e. The highest BCUT2D eigenvalue weighted by Gasteiger charge is 1.96. The Bertz CT molecular complexity index is 427. The molecule has 0 aliphatic heterocycles. The first kappa shape index (κ1) is 13.0. The molecule has 3 heteroatoms. The highest BCUT2D eigenvalue weighted by atomic mass is 16.5. The molecule has 0 aliphatic rings. The predicted molar refractivity (Wildman–Crippen MR) is 66.0 cm³/mol. The molecule has 17 heavy (non-hydrogen) atoms. The quantitative estimate of drug-likeness (QED) is 0.443. The van der Waals surface area contributed by atoms with Gasteiger partial charge in [-0.3, -0.25) is 0 Å². The van der Waals surface area contributed by atoms with Crippen molar-refractivity contribution in [1.82, 2.24) is 0 Å². The predicted octanol–water partition coefficient (Wildman–Crippen LogP) is 2.86. The average molecular weight is 229 g/mol. The first-order chi connectivity index (χ1) is 8.22. The lowest BCUT2D eigenvalue weighted by molar-refractivity contribution is -0.137. The molecule has 0 aliphatic carbocycles. The largest absolute Gasteiger partial charge is 0.462 e. The van der Waals surface area contributed by atoms with E-state index in [0.717, 1.165) is 5.56 Å². The lowest BCUT2D eigenvalue weighted by atomic mass is 10.1. The smallest absolute Gasteiger partial charge is 0.330 e. The molecule has 0 saturated carbocycles. The second-order valence-corrected chi connectivity index (χ2v) is 3.67. The normalized spacial score (nSPS) is 10.1. The van der Waals surface area contributed by atoms with Gasteiger partial charge >= 0.3 is 5.97 Å². The summed E-state index contributed by atoms with van der Waals surface area (Å²) in [5.41, 5.74) is 2.14. The van der Waals surface area contributed by atoms with Gasteiger partial charge < -0.3 is 4.74 Å². The van der Waals surface area contributed by atoms with E-state index >= 15 is 0 Å². The highest BCUT2D eigenvalue weighted by Crippen LogP contribution is 2.05. The highest BCUT2D eigenvalue weighted by molar-refractivity contribution is 5.87. The number of carbonyl (C=O) groups excluding carboxylic acids is 1. The average Bonchev–Trinajstić information content (AvgIpc) is 2.34. The molecule has 0 saturated heterocycles. The van der Waals surface area contributed by atoms with Crippen LogP contribution in [0.15, 0.2) is 30.3 Å². The summed E-state index contributed by atoms with van der Waals surface area (Å²) in [5.74, 6) is -0.372. The van der Waals surface area contributed by atoms with Crippen LogP contribution in [0.2, 0.25) is 0 Å². The molecule has 0 fully saturated rings. The minimum atomic E-state index is -0.372. The van der Waals surface area contributed by atoms with Gasteiger partial charge in [0, 0.05) is 12.5 Å². The van der Waals surface area contributed by atoms with Crippen LogP contribution >= 0.6 is 0 Å². The summed E-state index contributed by atoms with van der Waals surface area (Å²) in [6.45, 7) is 2.31. The zero-order chi connectivity index (χ0) is 12.5. The number of hydrogen-bond donors (Lipinski definition) is 0. The Morgan fingerprint density at radius 2 is 2.12 bits per heavy atom. The summed E-state index contributed by atoms with van der Waals surface area (Å²) in [7, 11) is 0. The van der Waals surface area contributed by atoms with Crippen molar-refractivity contribution in [2.24, 2.45) is 0 Å². The van der Waals surface area contributed by atoms with Gasteiger partial charge in [-0.15, -0.1) is 0 Å². The number of hydrogen-bond acceptors (Lipinski definition) is 3. The summed E-state index contributed by atoms with van der Waals surface area (Å²) >= 11 is 0. The van der Waals surface area contributed by atoms with Crippen molar-refractivity contribution in [3.63, 3.8) is 0 Å². The lowest BCUT2D eigenvalue weighted by Gasteiger charge is -1.98. The monoisotopic (exact) mass is 229 g/mol. The lowest BCUT2D eigenvalue weighted by Crippen LogP contribution is -2.01. The summed E-state index contributed by atoms with van der Waals surface area (Å²) in [5, 5.41) is 8.30. The summed E-state index contributed by atoms with van der Waals surface area (Å²) in [6, 6.07) is 9.84. The molecule has 0 spiro atoms. The van der Waals surface area contributed by atoms with Crippen molar-refractivity contribution in [3.05, 3.63) is 41.5 Å². The van der Waals surface area contributed by atoms with E-state index < -0.39 is 0 Å². The van der Waals surface area contributed by atoms with E-state index in [9.17, 15) is 4.79 Å². The van der Waals surface area contributed by atoms with Gasteiger partial charge in [-0.05, 0) is 25.0 Å². The molecule has 0 radical (unpaired) electrons. The SMILES string of the molecule is Cc1ccc(/C=C/C(=O)OCCCC#N)cc1. The Balaban J connectivity index is 2.35. The molecule has 88 valence electrons. The Hall–Kier alpha value is -2.08.